The van der Waals surface area contributed by atoms with E-state index in [2.05, 4.69) is 9.97 Å². The topological polar surface area (TPSA) is 77.8 Å². The Morgan fingerprint density at radius 2 is 1.16 bits per heavy atom. The smallest absolute Gasteiger partial charge is 0.0938 e. The second kappa shape index (κ2) is 6.98. The highest BCUT2D eigenvalue weighted by Gasteiger charge is 2.06. The fourth-order valence-electron chi connectivity index (χ4n) is 2.92. The van der Waals surface area contributed by atoms with Crippen LogP contribution in [0.2, 0.25) is 0 Å². The third-order valence-electron chi connectivity index (χ3n) is 4.19. The molecular formula is C19H20N4S2. The molecule has 4 aromatic rings. The van der Waals surface area contributed by atoms with Crippen molar-refractivity contribution in [1.82, 2.24) is 9.97 Å². The maximum atomic E-state index is 5.83. The second-order valence-electron chi connectivity index (χ2n) is 6.23. The van der Waals surface area contributed by atoms with Gasteiger partial charge >= 0.3 is 0 Å². The second-order valence-corrected chi connectivity index (χ2v) is 8.46. The normalized spacial score (nSPS) is 11.5. The van der Waals surface area contributed by atoms with Gasteiger partial charge in [-0.3, -0.25) is 0 Å². The molecule has 0 amide bonds. The molecule has 0 aliphatic carbocycles. The Hall–Kier alpha value is -2.18. The van der Waals surface area contributed by atoms with Gasteiger partial charge in [-0.25, -0.2) is 9.97 Å². The standard InChI is InChI=1S/C19H20N4S2/c20-12-6-8-14-16(10-12)24-18(22-14)4-2-1-3-5-19-23-15-9-7-13(21)11-17(15)25-19/h6-11H,1-5,20-21H2. The lowest BCUT2D eigenvalue weighted by Gasteiger charge is -1.97. The number of nitrogens with zero attached hydrogens (tertiary/aromatic N) is 2. The van der Waals surface area contributed by atoms with Crippen molar-refractivity contribution in [2.45, 2.75) is 32.1 Å². The van der Waals surface area contributed by atoms with Crippen LogP contribution in [0.15, 0.2) is 36.4 Å². The summed E-state index contributed by atoms with van der Waals surface area (Å²) in [7, 11) is 0. The lowest BCUT2D eigenvalue weighted by Crippen LogP contribution is -1.88. The molecule has 0 radical (unpaired) electrons. The average Bonchev–Trinajstić information content (AvgIpc) is 3.16. The minimum Gasteiger partial charge on any atom is -0.399 e. The summed E-state index contributed by atoms with van der Waals surface area (Å²) in [4.78, 5) is 9.38. The first kappa shape index (κ1) is 16.3. The van der Waals surface area contributed by atoms with Gasteiger partial charge in [-0.1, -0.05) is 6.42 Å². The van der Waals surface area contributed by atoms with Crippen LogP contribution in [-0.4, -0.2) is 9.97 Å². The average molecular weight is 369 g/mol. The van der Waals surface area contributed by atoms with Gasteiger partial charge in [0.25, 0.3) is 0 Å². The molecular weight excluding hydrogens is 348 g/mol. The van der Waals surface area contributed by atoms with Gasteiger partial charge in [0.15, 0.2) is 0 Å². The van der Waals surface area contributed by atoms with Crippen molar-refractivity contribution in [1.29, 1.82) is 0 Å². The first-order valence-electron chi connectivity index (χ1n) is 8.47. The van der Waals surface area contributed by atoms with Gasteiger partial charge in [0.1, 0.15) is 0 Å². The lowest BCUT2D eigenvalue weighted by atomic mass is 10.1. The summed E-state index contributed by atoms with van der Waals surface area (Å²) in [6.07, 6.45) is 5.59. The summed E-state index contributed by atoms with van der Waals surface area (Å²) < 4.78 is 2.37. The molecule has 0 spiro atoms. The molecule has 0 aliphatic rings. The van der Waals surface area contributed by atoms with E-state index in [-0.39, 0.29) is 0 Å². The zero-order valence-corrected chi connectivity index (χ0v) is 15.5. The number of aromatic nitrogens is 2. The summed E-state index contributed by atoms with van der Waals surface area (Å²) in [5.74, 6) is 0. The number of thiazole rings is 2. The highest BCUT2D eigenvalue weighted by molar-refractivity contribution is 7.18. The number of anilines is 2. The Bertz CT molecular complexity index is 937. The molecule has 2 aromatic carbocycles. The highest BCUT2D eigenvalue weighted by atomic mass is 32.1. The van der Waals surface area contributed by atoms with Crippen molar-refractivity contribution in [2.24, 2.45) is 0 Å². The van der Waals surface area contributed by atoms with Crippen molar-refractivity contribution in [3.63, 3.8) is 0 Å². The molecule has 0 atom stereocenters. The number of aryl methyl sites for hydroxylation is 2. The lowest BCUT2D eigenvalue weighted by molar-refractivity contribution is 0.676. The van der Waals surface area contributed by atoms with Crippen molar-refractivity contribution >= 4 is 54.5 Å². The first-order chi connectivity index (χ1) is 12.2. The Labute approximate surface area is 154 Å². The summed E-state index contributed by atoms with van der Waals surface area (Å²) in [6, 6.07) is 11.9. The summed E-state index contributed by atoms with van der Waals surface area (Å²) >= 11 is 3.51. The van der Waals surface area contributed by atoms with Crippen LogP contribution in [0.4, 0.5) is 11.4 Å². The summed E-state index contributed by atoms with van der Waals surface area (Å²) in [5.41, 5.74) is 15.4. The molecule has 4 N–H and O–H groups in total. The molecule has 0 saturated heterocycles. The first-order valence-corrected chi connectivity index (χ1v) is 10.1. The number of rotatable bonds is 6. The number of hydrogen-bond acceptors (Lipinski definition) is 6. The molecule has 0 fully saturated rings. The van der Waals surface area contributed by atoms with Crippen LogP contribution in [0.25, 0.3) is 20.4 Å². The predicted molar refractivity (Wildman–Crippen MR) is 109 cm³/mol. The van der Waals surface area contributed by atoms with E-state index in [0.29, 0.717) is 0 Å². The van der Waals surface area contributed by atoms with Crippen LogP contribution in [-0.2, 0) is 12.8 Å². The van der Waals surface area contributed by atoms with Gasteiger partial charge in [-0.2, -0.15) is 0 Å². The summed E-state index contributed by atoms with van der Waals surface area (Å²) in [5, 5.41) is 2.41. The van der Waals surface area contributed by atoms with Crippen LogP contribution in [0, 0.1) is 0 Å². The molecule has 128 valence electrons. The minimum atomic E-state index is 0.806. The van der Waals surface area contributed by atoms with Gasteiger partial charge < -0.3 is 11.5 Å². The predicted octanol–water partition coefficient (Wildman–Crippen LogP) is 5.03. The number of nitrogens with two attached hydrogens (primary N) is 2. The molecule has 25 heavy (non-hydrogen) atoms. The quantitative estimate of drug-likeness (QED) is 0.370. The van der Waals surface area contributed by atoms with Crippen molar-refractivity contribution < 1.29 is 0 Å². The van der Waals surface area contributed by atoms with E-state index < -0.39 is 0 Å². The number of hydrogen-bond donors (Lipinski definition) is 2. The molecule has 0 saturated carbocycles. The Balaban J connectivity index is 1.28. The molecule has 0 aliphatic heterocycles. The van der Waals surface area contributed by atoms with E-state index in [1.54, 1.807) is 22.7 Å². The van der Waals surface area contributed by atoms with Crippen LogP contribution < -0.4 is 11.5 Å². The Morgan fingerprint density at radius 1 is 0.680 bits per heavy atom. The maximum absolute atomic E-state index is 5.83. The number of unbranched alkanes of at least 4 members (excludes halogenated alkanes) is 2. The van der Waals surface area contributed by atoms with Crippen molar-refractivity contribution in [2.75, 3.05) is 11.5 Å². The van der Waals surface area contributed by atoms with Crippen LogP contribution in [0.1, 0.15) is 29.3 Å². The molecule has 0 bridgehead atoms. The van der Waals surface area contributed by atoms with E-state index in [0.717, 1.165) is 48.1 Å². The number of benzene rings is 2. The van der Waals surface area contributed by atoms with E-state index in [1.165, 1.54) is 25.8 Å². The number of fused-ring (bicyclic) bond motifs is 2. The molecule has 4 nitrogen and oxygen atoms in total. The van der Waals surface area contributed by atoms with Gasteiger partial charge in [0.2, 0.25) is 0 Å². The molecule has 4 rings (SSSR count). The van der Waals surface area contributed by atoms with Gasteiger partial charge in [0, 0.05) is 11.4 Å². The molecule has 0 unspecified atom stereocenters. The van der Waals surface area contributed by atoms with E-state index in [1.807, 2.05) is 36.4 Å². The van der Waals surface area contributed by atoms with E-state index in [4.69, 9.17) is 11.5 Å². The highest BCUT2D eigenvalue weighted by Crippen LogP contribution is 2.27. The van der Waals surface area contributed by atoms with Gasteiger partial charge in [-0.05, 0) is 62.1 Å². The largest absolute Gasteiger partial charge is 0.399 e. The van der Waals surface area contributed by atoms with Crippen molar-refractivity contribution in [3.05, 3.63) is 46.4 Å². The monoisotopic (exact) mass is 368 g/mol. The Morgan fingerprint density at radius 3 is 1.64 bits per heavy atom. The Kier molecular flexibility index (Phi) is 4.55. The fraction of sp³-hybridized carbons (Fsp3) is 0.263. The summed E-state index contributed by atoms with van der Waals surface area (Å²) in [6.45, 7) is 0. The molecule has 2 aromatic heterocycles. The third kappa shape index (κ3) is 3.75. The molecule has 6 heteroatoms. The van der Waals surface area contributed by atoms with Crippen LogP contribution >= 0.6 is 22.7 Å². The van der Waals surface area contributed by atoms with E-state index in [9.17, 15) is 0 Å². The van der Waals surface area contributed by atoms with E-state index >= 15 is 0 Å². The SMILES string of the molecule is Nc1ccc2nc(CCCCCc3nc4ccc(N)cc4s3)sc2c1. The van der Waals surface area contributed by atoms with Gasteiger partial charge in [-0.15, -0.1) is 22.7 Å². The third-order valence-corrected chi connectivity index (χ3v) is 6.35. The minimum absolute atomic E-state index is 0.806. The maximum Gasteiger partial charge on any atom is 0.0938 e. The van der Waals surface area contributed by atoms with Gasteiger partial charge in [0.05, 0.1) is 30.4 Å². The fourth-order valence-corrected chi connectivity index (χ4v) is 5.04. The molecule has 2 heterocycles. The zero-order valence-electron chi connectivity index (χ0n) is 13.9. The van der Waals surface area contributed by atoms with Crippen LogP contribution in [0.3, 0.4) is 0 Å². The van der Waals surface area contributed by atoms with Crippen molar-refractivity contribution in [3.8, 4) is 0 Å². The van der Waals surface area contributed by atoms with Crippen LogP contribution in [0.5, 0.6) is 0 Å². The zero-order chi connectivity index (χ0) is 17.2. The number of nitrogen functional groups attached to an aromatic ring is 2.